The second-order valence-corrected chi connectivity index (χ2v) is 5.72. The van der Waals surface area contributed by atoms with Crippen molar-refractivity contribution < 1.29 is 4.79 Å². The summed E-state index contributed by atoms with van der Waals surface area (Å²) in [6.45, 7) is 5.23. The summed E-state index contributed by atoms with van der Waals surface area (Å²) in [7, 11) is 2.04. The Hall–Kier alpha value is -0.610. The van der Waals surface area contributed by atoms with E-state index in [1.807, 2.05) is 14.0 Å². The maximum Gasteiger partial charge on any atom is 0.234 e. The quantitative estimate of drug-likeness (QED) is 0.756. The van der Waals surface area contributed by atoms with E-state index in [2.05, 4.69) is 17.1 Å². The maximum absolute atomic E-state index is 11.9. The number of nitrogens with two attached hydrogens (primary N) is 1. The molecule has 0 aliphatic heterocycles. The molecule has 0 bridgehead atoms. The summed E-state index contributed by atoms with van der Waals surface area (Å²) in [6.07, 6.45) is 6.97. The second kappa shape index (κ2) is 7.10. The lowest BCUT2D eigenvalue weighted by atomic mass is 9.80. The first-order valence-electron chi connectivity index (χ1n) is 7.25. The summed E-state index contributed by atoms with van der Waals surface area (Å²) in [4.78, 5) is 14.1. The van der Waals surface area contributed by atoms with Crippen molar-refractivity contribution >= 4 is 5.91 Å². The minimum atomic E-state index is 0.0467. The van der Waals surface area contributed by atoms with Gasteiger partial charge in [-0.2, -0.15) is 0 Å². The SMILES string of the molecule is CCC(C)NC(=O)CN(C)C1(CN)CCCCC1. The fourth-order valence-corrected chi connectivity index (χ4v) is 2.76. The molecule has 1 aliphatic rings. The third kappa shape index (κ3) is 3.95. The number of amides is 1. The molecule has 0 spiro atoms. The van der Waals surface area contributed by atoms with E-state index in [1.54, 1.807) is 0 Å². The number of nitrogens with zero attached hydrogens (tertiary/aromatic N) is 1. The molecule has 1 amide bonds. The van der Waals surface area contributed by atoms with Crippen LogP contribution in [0.2, 0.25) is 0 Å². The highest BCUT2D eigenvalue weighted by molar-refractivity contribution is 5.78. The first-order valence-corrected chi connectivity index (χ1v) is 7.25. The van der Waals surface area contributed by atoms with Gasteiger partial charge in [-0.3, -0.25) is 9.69 Å². The molecule has 106 valence electrons. The zero-order valence-electron chi connectivity index (χ0n) is 12.2. The zero-order chi connectivity index (χ0) is 13.6. The van der Waals surface area contributed by atoms with Crippen LogP contribution in [0.5, 0.6) is 0 Å². The molecule has 4 heteroatoms. The fraction of sp³-hybridized carbons (Fsp3) is 0.929. The molecule has 1 atom stereocenters. The minimum absolute atomic E-state index is 0.0467. The summed E-state index contributed by atoms with van der Waals surface area (Å²) in [5.41, 5.74) is 6.02. The van der Waals surface area contributed by atoms with Crippen molar-refractivity contribution in [2.24, 2.45) is 5.73 Å². The number of hydrogen-bond acceptors (Lipinski definition) is 3. The van der Waals surface area contributed by atoms with E-state index in [0.717, 1.165) is 19.3 Å². The predicted molar refractivity (Wildman–Crippen MR) is 75.4 cm³/mol. The number of hydrogen-bond donors (Lipinski definition) is 2. The van der Waals surface area contributed by atoms with E-state index < -0.39 is 0 Å². The molecule has 0 radical (unpaired) electrons. The fourth-order valence-electron chi connectivity index (χ4n) is 2.76. The van der Waals surface area contributed by atoms with Crippen LogP contribution in [0.1, 0.15) is 52.4 Å². The maximum atomic E-state index is 11.9. The standard InChI is InChI=1S/C14H29N3O/c1-4-12(2)16-13(18)10-17(3)14(11-15)8-6-5-7-9-14/h12H,4-11,15H2,1-3H3,(H,16,18). The first kappa shape index (κ1) is 15.4. The Kier molecular flexibility index (Phi) is 6.09. The second-order valence-electron chi connectivity index (χ2n) is 5.72. The topological polar surface area (TPSA) is 58.4 Å². The lowest BCUT2D eigenvalue weighted by Crippen LogP contribution is -2.56. The van der Waals surface area contributed by atoms with Crippen LogP contribution in [0.4, 0.5) is 0 Å². The Morgan fingerprint density at radius 3 is 2.50 bits per heavy atom. The van der Waals surface area contributed by atoms with Crippen LogP contribution in [0.25, 0.3) is 0 Å². The molecule has 1 saturated carbocycles. The summed E-state index contributed by atoms with van der Waals surface area (Å²) >= 11 is 0. The smallest absolute Gasteiger partial charge is 0.234 e. The Labute approximate surface area is 111 Å². The van der Waals surface area contributed by atoms with Gasteiger partial charge in [0.15, 0.2) is 0 Å². The molecule has 0 aromatic rings. The van der Waals surface area contributed by atoms with E-state index in [1.165, 1.54) is 19.3 Å². The van der Waals surface area contributed by atoms with Crippen molar-refractivity contribution in [2.45, 2.75) is 64.0 Å². The number of likely N-dealkylation sites (N-methyl/N-ethyl adjacent to an activating group) is 1. The van der Waals surface area contributed by atoms with E-state index >= 15 is 0 Å². The van der Waals surface area contributed by atoms with Crippen LogP contribution < -0.4 is 11.1 Å². The molecule has 0 aromatic carbocycles. The van der Waals surface area contributed by atoms with Crippen molar-refractivity contribution in [2.75, 3.05) is 20.1 Å². The molecule has 18 heavy (non-hydrogen) atoms. The molecule has 1 fully saturated rings. The zero-order valence-corrected chi connectivity index (χ0v) is 12.2. The molecule has 1 rings (SSSR count). The number of nitrogens with one attached hydrogen (secondary N) is 1. The van der Waals surface area contributed by atoms with Gasteiger partial charge in [0.1, 0.15) is 0 Å². The molecular weight excluding hydrogens is 226 g/mol. The van der Waals surface area contributed by atoms with Crippen LogP contribution in [0, 0.1) is 0 Å². The van der Waals surface area contributed by atoms with Gasteiger partial charge in [0, 0.05) is 18.1 Å². The number of carbonyl (C=O) groups excluding carboxylic acids is 1. The summed E-state index contributed by atoms with van der Waals surface area (Å²) in [5, 5.41) is 3.02. The largest absolute Gasteiger partial charge is 0.353 e. The van der Waals surface area contributed by atoms with Crippen LogP contribution in [0.3, 0.4) is 0 Å². The van der Waals surface area contributed by atoms with Gasteiger partial charge < -0.3 is 11.1 Å². The monoisotopic (exact) mass is 255 g/mol. The Morgan fingerprint density at radius 1 is 1.39 bits per heavy atom. The van der Waals surface area contributed by atoms with E-state index in [4.69, 9.17) is 5.73 Å². The van der Waals surface area contributed by atoms with Gasteiger partial charge in [-0.15, -0.1) is 0 Å². The van der Waals surface area contributed by atoms with Gasteiger partial charge in [0.05, 0.1) is 6.54 Å². The lowest BCUT2D eigenvalue weighted by molar-refractivity contribution is -0.124. The summed E-state index contributed by atoms with van der Waals surface area (Å²) in [6, 6.07) is 0.256. The highest BCUT2D eigenvalue weighted by atomic mass is 16.2. The normalized spacial score (nSPS) is 20.7. The molecular formula is C14H29N3O. The predicted octanol–water partition coefficient (Wildman–Crippen LogP) is 1.49. The molecule has 3 N–H and O–H groups in total. The van der Waals surface area contributed by atoms with Crippen molar-refractivity contribution in [3.05, 3.63) is 0 Å². The van der Waals surface area contributed by atoms with Crippen molar-refractivity contribution in [3.8, 4) is 0 Å². The van der Waals surface area contributed by atoms with Crippen LogP contribution in [-0.2, 0) is 4.79 Å². The molecule has 0 aromatic heterocycles. The number of carbonyl (C=O) groups is 1. The van der Waals surface area contributed by atoms with E-state index in [0.29, 0.717) is 13.1 Å². The Bertz CT molecular complexity index is 262. The van der Waals surface area contributed by atoms with Crippen molar-refractivity contribution in [3.63, 3.8) is 0 Å². The van der Waals surface area contributed by atoms with E-state index in [9.17, 15) is 4.79 Å². The van der Waals surface area contributed by atoms with Gasteiger partial charge in [-0.25, -0.2) is 0 Å². The van der Waals surface area contributed by atoms with Crippen LogP contribution in [0.15, 0.2) is 0 Å². The molecule has 0 saturated heterocycles. The highest BCUT2D eigenvalue weighted by Gasteiger charge is 2.35. The average molecular weight is 255 g/mol. The van der Waals surface area contributed by atoms with Gasteiger partial charge in [0.2, 0.25) is 5.91 Å². The average Bonchev–Trinajstić information content (AvgIpc) is 2.39. The summed E-state index contributed by atoms with van der Waals surface area (Å²) < 4.78 is 0. The van der Waals surface area contributed by atoms with Crippen molar-refractivity contribution in [1.82, 2.24) is 10.2 Å². The third-order valence-electron chi connectivity index (χ3n) is 4.37. The summed E-state index contributed by atoms with van der Waals surface area (Å²) in [5.74, 6) is 0.116. The van der Waals surface area contributed by atoms with Gasteiger partial charge in [0.25, 0.3) is 0 Å². The molecule has 4 nitrogen and oxygen atoms in total. The minimum Gasteiger partial charge on any atom is -0.353 e. The van der Waals surface area contributed by atoms with Crippen molar-refractivity contribution in [1.29, 1.82) is 0 Å². The third-order valence-corrected chi connectivity index (χ3v) is 4.37. The lowest BCUT2D eigenvalue weighted by Gasteiger charge is -2.43. The van der Waals surface area contributed by atoms with Gasteiger partial charge in [-0.05, 0) is 33.2 Å². The van der Waals surface area contributed by atoms with Gasteiger partial charge >= 0.3 is 0 Å². The first-order chi connectivity index (χ1) is 8.54. The van der Waals surface area contributed by atoms with Crippen LogP contribution >= 0.6 is 0 Å². The molecule has 1 unspecified atom stereocenters. The highest BCUT2D eigenvalue weighted by Crippen LogP contribution is 2.31. The Balaban J connectivity index is 2.51. The van der Waals surface area contributed by atoms with Gasteiger partial charge in [-0.1, -0.05) is 26.2 Å². The van der Waals surface area contributed by atoms with E-state index in [-0.39, 0.29) is 17.5 Å². The molecule has 0 heterocycles. The number of rotatable bonds is 6. The van der Waals surface area contributed by atoms with Crippen LogP contribution in [-0.4, -0.2) is 42.5 Å². The molecule has 1 aliphatic carbocycles. The Morgan fingerprint density at radius 2 is 2.00 bits per heavy atom.